The van der Waals surface area contributed by atoms with Crippen LogP contribution in [0.3, 0.4) is 0 Å². The van der Waals surface area contributed by atoms with Crippen LogP contribution in [0, 0.1) is 0 Å². The van der Waals surface area contributed by atoms with Crippen LogP contribution in [0.1, 0.15) is 22.6 Å². The van der Waals surface area contributed by atoms with Gasteiger partial charge in [0, 0.05) is 44.0 Å². The minimum absolute atomic E-state index is 0.155. The van der Waals surface area contributed by atoms with Gasteiger partial charge < -0.3 is 15.2 Å². The Hall–Kier alpha value is -2.89. The first kappa shape index (κ1) is 19.4. The van der Waals surface area contributed by atoms with Gasteiger partial charge in [0.1, 0.15) is 6.61 Å². The molecule has 0 amide bonds. The number of pyridine rings is 1. The van der Waals surface area contributed by atoms with Gasteiger partial charge in [0.15, 0.2) is 11.5 Å². The van der Waals surface area contributed by atoms with Gasteiger partial charge in [-0.25, -0.2) is 0 Å². The molecule has 1 aromatic heterocycles. The molecule has 0 bridgehead atoms. The molecule has 1 aliphatic rings. The van der Waals surface area contributed by atoms with Crippen molar-refractivity contribution in [1.82, 2.24) is 9.88 Å². The fraction of sp³-hybridized carbons (Fsp3) is 0.292. The van der Waals surface area contributed by atoms with Gasteiger partial charge in [-0.05, 0) is 41.0 Å². The molecule has 1 saturated heterocycles. The minimum Gasteiger partial charge on any atom is -0.493 e. The number of likely N-dealkylation sites (tertiary alicyclic amines) is 1. The zero-order valence-electron chi connectivity index (χ0n) is 16.7. The summed E-state index contributed by atoms with van der Waals surface area (Å²) >= 11 is 0. The molecule has 2 aromatic carbocycles. The maximum atomic E-state index is 6.44. The molecule has 2 heterocycles. The van der Waals surface area contributed by atoms with Gasteiger partial charge >= 0.3 is 0 Å². The minimum atomic E-state index is 0.155. The fourth-order valence-corrected chi connectivity index (χ4v) is 3.92. The highest BCUT2D eigenvalue weighted by molar-refractivity contribution is 5.43. The molecule has 5 nitrogen and oxygen atoms in total. The highest BCUT2D eigenvalue weighted by Crippen LogP contribution is 2.31. The van der Waals surface area contributed by atoms with Gasteiger partial charge in [0.2, 0.25) is 0 Å². The summed E-state index contributed by atoms with van der Waals surface area (Å²) in [6, 6.07) is 20.8. The Balaban J connectivity index is 1.40. The predicted octanol–water partition coefficient (Wildman–Crippen LogP) is 3.60. The van der Waals surface area contributed by atoms with Crippen LogP contribution >= 0.6 is 0 Å². The van der Waals surface area contributed by atoms with E-state index in [0.29, 0.717) is 12.5 Å². The highest BCUT2D eigenvalue weighted by Gasteiger charge is 2.31. The molecule has 0 saturated carbocycles. The predicted molar refractivity (Wildman–Crippen MR) is 114 cm³/mol. The molecule has 1 fully saturated rings. The van der Waals surface area contributed by atoms with Crippen LogP contribution in [0.2, 0.25) is 0 Å². The summed E-state index contributed by atoms with van der Waals surface area (Å²) in [5.41, 5.74) is 10.0. The van der Waals surface area contributed by atoms with E-state index in [0.717, 1.165) is 36.7 Å². The molecule has 0 radical (unpaired) electrons. The number of rotatable bonds is 7. The monoisotopic (exact) mass is 389 g/mol. The maximum Gasteiger partial charge on any atom is 0.161 e. The number of hydrogen-bond acceptors (Lipinski definition) is 5. The van der Waals surface area contributed by atoms with Crippen LogP contribution in [-0.2, 0) is 13.2 Å². The Morgan fingerprint density at radius 2 is 1.76 bits per heavy atom. The van der Waals surface area contributed by atoms with E-state index in [1.54, 1.807) is 19.5 Å². The third-order valence-electron chi connectivity index (χ3n) is 5.45. The molecular formula is C24H27N3O2. The number of ether oxygens (including phenoxy) is 2. The average Bonchev–Trinajstić information content (AvgIpc) is 3.14. The van der Waals surface area contributed by atoms with Crippen molar-refractivity contribution in [2.75, 3.05) is 20.2 Å². The van der Waals surface area contributed by atoms with Gasteiger partial charge in [-0.15, -0.1) is 0 Å². The molecule has 0 spiro atoms. The maximum absolute atomic E-state index is 6.44. The molecule has 1 aliphatic heterocycles. The number of aromatic nitrogens is 1. The quantitative estimate of drug-likeness (QED) is 0.669. The summed E-state index contributed by atoms with van der Waals surface area (Å²) in [7, 11) is 1.68. The summed E-state index contributed by atoms with van der Waals surface area (Å²) < 4.78 is 11.5. The van der Waals surface area contributed by atoms with E-state index in [-0.39, 0.29) is 6.04 Å². The molecule has 2 atom stereocenters. The van der Waals surface area contributed by atoms with Crippen LogP contribution in [0.5, 0.6) is 11.5 Å². The lowest BCUT2D eigenvalue weighted by Crippen LogP contribution is -2.28. The summed E-state index contributed by atoms with van der Waals surface area (Å²) in [6.45, 7) is 3.19. The number of methoxy groups -OCH3 is 1. The Bertz CT molecular complexity index is 918. The summed E-state index contributed by atoms with van der Waals surface area (Å²) in [6.07, 6.45) is 3.53. The van der Waals surface area contributed by atoms with E-state index in [1.165, 1.54) is 11.1 Å². The van der Waals surface area contributed by atoms with Crippen molar-refractivity contribution in [2.24, 2.45) is 5.73 Å². The number of nitrogens with two attached hydrogens (primary N) is 1. The van der Waals surface area contributed by atoms with Crippen molar-refractivity contribution in [1.29, 1.82) is 0 Å². The largest absolute Gasteiger partial charge is 0.493 e. The van der Waals surface area contributed by atoms with Crippen molar-refractivity contribution in [2.45, 2.75) is 25.1 Å². The van der Waals surface area contributed by atoms with E-state index < -0.39 is 0 Å². The molecule has 3 aromatic rings. The van der Waals surface area contributed by atoms with Gasteiger partial charge in [-0.1, -0.05) is 36.4 Å². The first-order valence-corrected chi connectivity index (χ1v) is 9.94. The van der Waals surface area contributed by atoms with E-state index in [1.807, 2.05) is 24.3 Å². The second kappa shape index (κ2) is 9.07. The summed E-state index contributed by atoms with van der Waals surface area (Å²) in [5, 5.41) is 0. The smallest absolute Gasteiger partial charge is 0.161 e. The van der Waals surface area contributed by atoms with Crippen molar-refractivity contribution < 1.29 is 9.47 Å². The highest BCUT2D eigenvalue weighted by atomic mass is 16.5. The third kappa shape index (κ3) is 4.75. The zero-order chi connectivity index (χ0) is 20.1. The van der Waals surface area contributed by atoms with Gasteiger partial charge in [-0.3, -0.25) is 9.88 Å². The lowest BCUT2D eigenvalue weighted by Gasteiger charge is -2.18. The third-order valence-corrected chi connectivity index (χ3v) is 5.45. The van der Waals surface area contributed by atoms with Gasteiger partial charge in [0.25, 0.3) is 0 Å². The summed E-state index contributed by atoms with van der Waals surface area (Å²) in [4.78, 5) is 6.44. The van der Waals surface area contributed by atoms with E-state index in [2.05, 4.69) is 46.3 Å². The van der Waals surface area contributed by atoms with Crippen molar-refractivity contribution in [3.8, 4) is 11.5 Å². The lowest BCUT2D eigenvalue weighted by atomic mass is 9.95. The topological polar surface area (TPSA) is 60.6 Å². The van der Waals surface area contributed by atoms with E-state index in [9.17, 15) is 0 Å². The Morgan fingerprint density at radius 3 is 2.52 bits per heavy atom. The number of benzene rings is 2. The van der Waals surface area contributed by atoms with E-state index in [4.69, 9.17) is 15.2 Å². The molecule has 2 N–H and O–H groups in total. The first-order chi connectivity index (χ1) is 14.2. The van der Waals surface area contributed by atoms with Crippen LogP contribution in [0.4, 0.5) is 0 Å². The Kier molecular flexibility index (Phi) is 6.08. The van der Waals surface area contributed by atoms with Crippen LogP contribution < -0.4 is 15.2 Å². The fourth-order valence-electron chi connectivity index (χ4n) is 3.92. The average molecular weight is 389 g/mol. The SMILES string of the molecule is COc1cc(CN2C[C@@H](N)[C@H](c3ccccc3)C2)ccc1OCc1ccncc1. The molecular weight excluding hydrogens is 362 g/mol. The van der Waals surface area contributed by atoms with Gasteiger partial charge in [0.05, 0.1) is 7.11 Å². The van der Waals surface area contributed by atoms with Crippen molar-refractivity contribution in [3.05, 3.63) is 89.7 Å². The number of hydrogen-bond donors (Lipinski definition) is 1. The normalized spacial score (nSPS) is 19.2. The molecule has 0 unspecified atom stereocenters. The zero-order valence-corrected chi connectivity index (χ0v) is 16.7. The second-order valence-corrected chi connectivity index (χ2v) is 7.50. The van der Waals surface area contributed by atoms with Gasteiger partial charge in [-0.2, -0.15) is 0 Å². The van der Waals surface area contributed by atoms with Crippen molar-refractivity contribution >= 4 is 0 Å². The van der Waals surface area contributed by atoms with Crippen LogP contribution in [0.15, 0.2) is 73.1 Å². The van der Waals surface area contributed by atoms with E-state index >= 15 is 0 Å². The Labute approximate surface area is 172 Å². The first-order valence-electron chi connectivity index (χ1n) is 9.94. The Morgan fingerprint density at radius 1 is 0.966 bits per heavy atom. The standard InChI is InChI=1S/C24H27N3O2/c1-28-24-13-19(7-8-23(24)29-17-18-9-11-26-12-10-18)14-27-15-21(22(25)16-27)20-5-3-2-4-6-20/h2-13,21-22H,14-17,25H2,1H3/t21-,22+/m0/s1. The van der Waals surface area contributed by atoms with Crippen LogP contribution in [-0.4, -0.2) is 36.1 Å². The lowest BCUT2D eigenvalue weighted by molar-refractivity contribution is 0.283. The molecule has 150 valence electrons. The summed E-state index contributed by atoms with van der Waals surface area (Å²) in [5.74, 6) is 1.87. The molecule has 0 aliphatic carbocycles. The van der Waals surface area contributed by atoms with Crippen molar-refractivity contribution in [3.63, 3.8) is 0 Å². The molecule has 5 heteroatoms. The molecule has 4 rings (SSSR count). The second-order valence-electron chi connectivity index (χ2n) is 7.50. The van der Waals surface area contributed by atoms with Crippen LogP contribution in [0.25, 0.3) is 0 Å². The number of nitrogens with zero attached hydrogens (tertiary/aromatic N) is 2. The molecule has 29 heavy (non-hydrogen) atoms.